The highest BCUT2D eigenvalue weighted by Crippen LogP contribution is 2.35. The number of para-hydroxylation sites is 1. The Labute approximate surface area is 318 Å². The number of nitrogens with zero attached hydrogens (tertiary/aromatic N) is 1. The summed E-state index contributed by atoms with van der Waals surface area (Å²) in [5.41, 5.74) is 4.76. The maximum Gasteiger partial charge on any atom is 0.407 e. The molecule has 280 valence electrons. The molecule has 0 radical (unpaired) electrons. The van der Waals surface area contributed by atoms with Crippen molar-refractivity contribution in [2.75, 3.05) is 17.2 Å². The van der Waals surface area contributed by atoms with E-state index in [4.69, 9.17) is 9.47 Å². The van der Waals surface area contributed by atoms with Gasteiger partial charge in [-0.15, -0.1) is 11.8 Å². The van der Waals surface area contributed by atoms with E-state index in [9.17, 15) is 14.4 Å². The molecule has 3 N–H and O–H groups in total. The lowest BCUT2D eigenvalue weighted by atomic mass is 9.98. The topological polar surface area (TPSA) is 109 Å². The number of hydrogen-bond donors (Lipinski definition) is 3. The van der Waals surface area contributed by atoms with Crippen molar-refractivity contribution in [3.63, 3.8) is 0 Å². The van der Waals surface area contributed by atoms with Crippen LogP contribution in [0.2, 0.25) is 0 Å². The Morgan fingerprint density at radius 3 is 2.28 bits per heavy atom. The predicted molar refractivity (Wildman–Crippen MR) is 213 cm³/mol. The van der Waals surface area contributed by atoms with Gasteiger partial charge in [-0.05, 0) is 81.5 Å². The molecule has 0 aliphatic carbocycles. The van der Waals surface area contributed by atoms with Gasteiger partial charge in [0.25, 0.3) is 5.91 Å². The molecule has 0 saturated carbocycles. The van der Waals surface area contributed by atoms with Gasteiger partial charge in [-0.2, -0.15) is 0 Å². The van der Waals surface area contributed by atoms with Gasteiger partial charge in [-0.3, -0.25) is 9.59 Å². The highest BCUT2D eigenvalue weighted by Gasteiger charge is 2.33. The third kappa shape index (κ3) is 11.9. The van der Waals surface area contributed by atoms with Gasteiger partial charge >= 0.3 is 6.09 Å². The molecule has 1 aliphatic rings. The third-order valence-corrected chi connectivity index (χ3v) is 9.91. The van der Waals surface area contributed by atoms with Gasteiger partial charge in [0.2, 0.25) is 5.91 Å². The van der Waals surface area contributed by atoms with E-state index in [2.05, 4.69) is 16.0 Å². The standard InChI is InChI=1S/C43H52N4O5S/c1-30(51-28-32-14-8-7-9-15-32)25-45-43(5,6)24-39(48)46-36-29-53-38-19-13-12-18-37(38)47(40(36)49)27-31-20-22-33(23-21-31)35-17-11-10-16-34(35)26-44-41(50)52-42(2,3)4/h7-23,30,36,45H,24-29H2,1-6H3,(H,44,50)(H,46,48)/t30-,36-/m1/s1. The van der Waals surface area contributed by atoms with Crippen LogP contribution >= 0.6 is 11.8 Å². The zero-order valence-corrected chi connectivity index (χ0v) is 32.4. The van der Waals surface area contributed by atoms with E-state index in [1.165, 1.54) is 0 Å². The van der Waals surface area contributed by atoms with E-state index in [0.717, 1.165) is 38.4 Å². The Morgan fingerprint density at radius 2 is 1.55 bits per heavy atom. The van der Waals surface area contributed by atoms with Crippen molar-refractivity contribution in [2.45, 2.75) is 95.8 Å². The molecular weight excluding hydrogens is 685 g/mol. The molecule has 0 bridgehead atoms. The molecule has 2 atom stereocenters. The molecule has 10 heteroatoms. The molecule has 3 amide bonds. The van der Waals surface area contributed by atoms with Crippen LogP contribution in [0.5, 0.6) is 0 Å². The summed E-state index contributed by atoms with van der Waals surface area (Å²) in [7, 11) is 0. The first-order valence-corrected chi connectivity index (χ1v) is 19.1. The van der Waals surface area contributed by atoms with Crippen molar-refractivity contribution in [1.29, 1.82) is 0 Å². The van der Waals surface area contributed by atoms with Crippen LogP contribution in [0.15, 0.2) is 108 Å². The quantitative estimate of drug-likeness (QED) is 0.121. The van der Waals surface area contributed by atoms with E-state index in [0.29, 0.717) is 32.0 Å². The van der Waals surface area contributed by atoms with Crippen molar-refractivity contribution in [1.82, 2.24) is 16.0 Å². The number of carbonyl (C=O) groups is 3. The van der Waals surface area contributed by atoms with Crippen LogP contribution in [0.4, 0.5) is 10.5 Å². The van der Waals surface area contributed by atoms with Gasteiger partial charge in [-0.1, -0.05) is 91.0 Å². The normalized spacial score (nSPS) is 15.2. The van der Waals surface area contributed by atoms with Crippen LogP contribution in [-0.2, 0) is 38.8 Å². The Bertz CT molecular complexity index is 1840. The zero-order valence-electron chi connectivity index (χ0n) is 31.6. The SMILES string of the molecule is C[C@H](CNC(C)(C)CC(=O)N[C@@H]1CSc2ccccc2N(Cc2ccc(-c3ccccc3CNC(=O)OC(C)(C)C)cc2)C1=O)OCc1ccccc1. The number of ether oxygens (including phenoxy) is 2. The largest absolute Gasteiger partial charge is 0.444 e. The second-order valence-corrected chi connectivity index (χ2v) is 16.1. The van der Waals surface area contributed by atoms with E-state index in [1.54, 1.807) is 16.7 Å². The Morgan fingerprint density at radius 1 is 0.868 bits per heavy atom. The van der Waals surface area contributed by atoms with Crippen LogP contribution in [-0.4, -0.2) is 53.5 Å². The second kappa shape index (κ2) is 17.9. The van der Waals surface area contributed by atoms with Gasteiger partial charge in [0.05, 0.1) is 24.9 Å². The van der Waals surface area contributed by atoms with Crippen molar-refractivity contribution in [3.05, 3.63) is 120 Å². The number of nitrogens with one attached hydrogen (secondary N) is 3. The number of hydrogen-bond acceptors (Lipinski definition) is 7. The lowest BCUT2D eigenvalue weighted by molar-refractivity contribution is -0.128. The molecular formula is C43H52N4O5S. The van der Waals surface area contributed by atoms with Gasteiger partial charge in [0.1, 0.15) is 11.6 Å². The second-order valence-electron chi connectivity index (χ2n) is 15.1. The zero-order chi connectivity index (χ0) is 38.0. The van der Waals surface area contributed by atoms with Crippen molar-refractivity contribution in [3.8, 4) is 11.1 Å². The fourth-order valence-corrected chi connectivity index (χ4v) is 7.10. The first-order valence-electron chi connectivity index (χ1n) is 18.1. The fourth-order valence-electron chi connectivity index (χ4n) is 6.03. The highest BCUT2D eigenvalue weighted by atomic mass is 32.2. The van der Waals surface area contributed by atoms with Gasteiger partial charge in [-0.25, -0.2) is 4.79 Å². The minimum atomic E-state index is -0.688. The molecule has 4 aromatic rings. The predicted octanol–water partition coefficient (Wildman–Crippen LogP) is 7.87. The molecule has 4 aromatic carbocycles. The van der Waals surface area contributed by atoms with Crippen LogP contribution < -0.4 is 20.9 Å². The van der Waals surface area contributed by atoms with Crippen molar-refractivity contribution < 1.29 is 23.9 Å². The summed E-state index contributed by atoms with van der Waals surface area (Å²) in [5, 5.41) is 9.38. The molecule has 0 fully saturated rings. The summed E-state index contributed by atoms with van der Waals surface area (Å²) < 4.78 is 11.4. The molecule has 1 heterocycles. The fraction of sp³-hybridized carbons (Fsp3) is 0.372. The number of fused-ring (bicyclic) bond motifs is 1. The van der Waals surface area contributed by atoms with Crippen LogP contribution in [0.3, 0.4) is 0 Å². The lowest BCUT2D eigenvalue weighted by Crippen LogP contribution is -2.52. The van der Waals surface area contributed by atoms with Crippen LogP contribution in [0.25, 0.3) is 11.1 Å². The smallest absolute Gasteiger partial charge is 0.407 e. The van der Waals surface area contributed by atoms with Crippen molar-refractivity contribution in [2.24, 2.45) is 0 Å². The highest BCUT2D eigenvalue weighted by molar-refractivity contribution is 7.99. The number of rotatable bonds is 14. The number of benzene rings is 4. The monoisotopic (exact) mass is 736 g/mol. The van der Waals surface area contributed by atoms with Crippen LogP contribution in [0.1, 0.15) is 64.7 Å². The summed E-state index contributed by atoms with van der Waals surface area (Å²) in [6.45, 7) is 13.3. The average molecular weight is 737 g/mol. The molecule has 0 saturated heterocycles. The van der Waals surface area contributed by atoms with Crippen LogP contribution in [0, 0.1) is 0 Å². The minimum absolute atomic E-state index is 0.0468. The first-order chi connectivity index (χ1) is 25.3. The van der Waals surface area contributed by atoms with Gasteiger partial charge in [0, 0.05) is 35.7 Å². The van der Waals surface area contributed by atoms with Crippen molar-refractivity contribution >= 4 is 35.4 Å². The summed E-state index contributed by atoms with van der Waals surface area (Å²) in [4.78, 5) is 42.7. The maximum atomic E-state index is 14.2. The average Bonchev–Trinajstić information content (AvgIpc) is 3.25. The third-order valence-electron chi connectivity index (χ3n) is 8.75. The minimum Gasteiger partial charge on any atom is -0.444 e. The summed E-state index contributed by atoms with van der Waals surface area (Å²) in [6.07, 6.45) is -0.307. The molecule has 0 aromatic heterocycles. The maximum absolute atomic E-state index is 14.2. The lowest BCUT2D eigenvalue weighted by Gasteiger charge is -2.29. The molecule has 53 heavy (non-hydrogen) atoms. The number of amides is 3. The van der Waals surface area contributed by atoms with E-state index in [-0.39, 0.29) is 24.3 Å². The molecule has 0 spiro atoms. The van der Waals surface area contributed by atoms with Gasteiger partial charge < -0.3 is 30.3 Å². The van der Waals surface area contributed by atoms with E-state index in [1.807, 2.05) is 145 Å². The van der Waals surface area contributed by atoms with E-state index < -0.39 is 23.3 Å². The number of thioether (sulfide) groups is 1. The number of anilines is 1. The molecule has 5 rings (SSSR count). The Hall–Kier alpha value is -4.64. The summed E-state index contributed by atoms with van der Waals surface area (Å²) >= 11 is 1.58. The molecule has 1 aliphatic heterocycles. The molecule has 0 unspecified atom stereocenters. The Balaban J connectivity index is 1.21. The summed E-state index contributed by atoms with van der Waals surface area (Å²) in [6, 6.07) is 33.3. The van der Waals surface area contributed by atoms with Gasteiger partial charge in [0.15, 0.2) is 0 Å². The molecule has 9 nitrogen and oxygen atoms in total. The first kappa shape index (κ1) is 39.6. The Kier molecular flexibility index (Phi) is 13.4. The summed E-state index contributed by atoms with van der Waals surface area (Å²) in [5.74, 6) is 0.102. The number of alkyl carbamates (subject to hydrolysis) is 1. The van der Waals surface area contributed by atoms with E-state index >= 15 is 0 Å². The number of carbonyl (C=O) groups excluding carboxylic acids is 3.